The van der Waals surface area contributed by atoms with E-state index in [1.807, 2.05) is 6.07 Å². The van der Waals surface area contributed by atoms with Gasteiger partial charge in [0.1, 0.15) is 0 Å². The van der Waals surface area contributed by atoms with E-state index in [0.29, 0.717) is 5.92 Å². The summed E-state index contributed by atoms with van der Waals surface area (Å²) >= 11 is 6.38. The van der Waals surface area contributed by atoms with Gasteiger partial charge in [-0.3, -0.25) is 0 Å². The second-order valence-corrected chi connectivity index (χ2v) is 5.75. The number of para-hydroxylation sites is 2. The zero-order chi connectivity index (χ0) is 12.7. The van der Waals surface area contributed by atoms with E-state index in [1.54, 1.807) is 0 Å². The van der Waals surface area contributed by atoms with Gasteiger partial charge in [-0.15, -0.1) is 11.6 Å². The smallest absolute Gasteiger partial charge is 0.206 e. The normalized spacial score (nSPS) is 24.7. The third kappa shape index (κ3) is 1.87. The molecule has 1 fully saturated rings. The first kappa shape index (κ1) is 11.8. The van der Waals surface area contributed by atoms with Crippen molar-refractivity contribution in [2.45, 2.75) is 18.7 Å². The lowest BCUT2D eigenvalue weighted by atomic mass is 9.99. The molecule has 1 aromatic heterocycles. The van der Waals surface area contributed by atoms with E-state index in [2.05, 4.69) is 41.6 Å². The van der Waals surface area contributed by atoms with Gasteiger partial charge in [-0.05, 0) is 24.5 Å². The first-order valence-electron chi connectivity index (χ1n) is 6.47. The second kappa shape index (κ2) is 4.47. The summed E-state index contributed by atoms with van der Waals surface area (Å²) in [4.78, 5) is 7.03. The van der Waals surface area contributed by atoms with Crippen LogP contribution in [-0.2, 0) is 7.05 Å². The summed E-state index contributed by atoms with van der Waals surface area (Å²) in [6, 6.07) is 8.25. The van der Waals surface area contributed by atoms with Crippen molar-refractivity contribution in [3.8, 4) is 0 Å². The van der Waals surface area contributed by atoms with Crippen LogP contribution in [-0.4, -0.2) is 28.0 Å². The van der Waals surface area contributed by atoms with E-state index < -0.39 is 0 Å². The second-order valence-electron chi connectivity index (χ2n) is 5.19. The van der Waals surface area contributed by atoms with E-state index in [1.165, 1.54) is 5.52 Å². The number of hydrogen-bond donors (Lipinski definition) is 0. The minimum Gasteiger partial charge on any atom is -0.341 e. The molecule has 1 aliphatic heterocycles. The Bertz CT molecular complexity index is 563. The monoisotopic (exact) mass is 263 g/mol. The number of benzene rings is 1. The van der Waals surface area contributed by atoms with Gasteiger partial charge in [-0.25, -0.2) is 4.98 Å². The number of rotatable bonds is 1. The van der Waals surface area contributed by atoms with Crippen molar-refractivity contribution in [1.82, 2.24) is 9.55 Å². The van der Waals surface area contributed by atoms with Crippen molar-refractivity contribution >= 4 is 28.6 Å². The standard InChI is InChI=1S/C14H18ClN3/c1-10-7-8-18(9-11(10)15)14-16-12-5-3-4-6-13(12)17(14)2/h3-6,10-11H,7-9H2,1-2H3. The van der Waals surface area contributed by atoms with Crippen molar-refractivity contribution in [1.29, 1.82) is 0 Å². The van der Waals surface area contributed by atoms with Crippen LogP contribution in [0.2, 0.25) is 0 Å². The first-order chi connectivity index (χ1) is 8.66. The van der Waals surface area contributed by atoms with Crippen molar-refractivity contribution in [3.05, 3.63) is 24.3 Å². The molecule has 2 unspecified atom stereocenters. The summed E-state index contributed by atoms with van der Waals surface area (Å²) in [6.45, 7) is 4.16. The summed E-state index contributed by atoms with van der Waals surface area (Å²) < 4.78 is 2.16. The van der Waals surface area contributed by atoms with Crippen molar-refractivity contribution in [3.63, 3.8) is 0 Å². The molecule has 0 N–H and O–H groups in total. The zero-order valence-electron chi connectivity index (χ0n) is 10.8. The fourth-order valence-electron chi connectivity index (χ4n) is 2.62. The van der Waals surface area contributed by atoms with Crippen LogP contribution in [0.4, 0.5) is 5.95 Å². The zero-order valence-corrected chi connectivity index (χ0v) is 11.6. The van der Waals surface area contributed by atoms with Gasteiger partial charge < -0.3 is 9.47 Å². The maximum atomic E-state index is 6.38. The summed E-state index contributed by atoms with van der Waals surface area (Å²) in [5, 5.41) is 0.221. The molecule has 1 aliphatic rings. The molecule has 0 bridgehead atoms. The molecule has 0 radical (unpaired) electrons. The van der Waals surface area contributed by atoms with E-state index in [4.69, 9.17) is 16.6 Å². The molecule has 0 aliphatic carbocycles. The van der Waals surface area contributed by atoms with Crippen LogP contribution in [0, 0.1) is 5.92 Å². The lowest BCUT2D eigenvalue weighted by Gasteiger charge is -2.34. The number of alkyl halides is 1. The van der Waals surface area contributed by atoms with Gasteiger partial charge in [0.2, 0.25) is 5.95 Å². The van der Waals surface area contributed by atoms with Gasteiger partial charge in [0.05, 0.1) is 16.4 Å². The van der Waals surface area contributed by atoms with Crippen LogP contribution < -0.4 is 4.90 Å². The van der Waals surface area contributed by atoms with Gasteiger partial charge >= 0.3 is 0 Å². The Kier molecular flexibility index (Phi) is 2.94. The van der Waals surface area contributed by atoms with Gasteiger partial charge in [0.25, 0.3) is 0 Å². The lowest BCUT2D eigenvalue weighted by molar-refractivity contribution is 0.440. The van der Waals surface area contributed by atoms with Crippen LogP contribution in [0.15, 0.2) is 24.3 Å². The van der Waals surface area contributed by atoms with Crippen LogP contribution >= 0.6 is 11.6 Å². The average molecular weight is 264 g/mol. The Morgan fingerprint density at radius 3 is 2.83 bits per heavy atom. The predicted molar refractivity (Wildman–Crippen MR) is 76.3 cm³/mol. The Labute approximate surface area is 112 Å². The minimum absolute atomic E-state index is 0.221. The number of nitrogens with zero attached hydrogens (tertiary/aromatic N) is 3. The fraction of sp³-hybridized carbons (Fsp3) is 0.500. The number of aromatic nitrogens is 2. The summed E-state index contributed by atoms with van der Waals surface area (Å²) in [6.07, 6.45) is 1.14. The molecule has 1 saturated heterocycles. The Balaban J connectivity index is 1.97. The maximum absolute atomic E-state index is 6.38. The highest BCUT2D eigenvalue weighted by atomic mass is 35.5. The minimum atomic E-state index is 0.221. The Morgan fingerprint density at radius 1 is 1.33 bits per heavy atom. The molecule has 3 rings (SSSR count). The molecule has 0 saturated carbocycles. The Morgan fingerprint density at radius 2 is 2.11 bits per heavy atom. The Hall–Kier alpha value is -1.22. The molecule has 4 heteroatoms. The average Bonchev–Trinajstić information content (AvgIpc) is 2.71. The number of anilines is 1. The molecule has 18 heavy (non-hydrogen) atoms. The maximum Gasteiger partial charge on any atom is 0.206 e. The fourth-order valence-corrected chi connectivity index (χ4v) is 2.91. The SMILES string of the molecule is CC1CCN(c2nc3ccccc3n2C)CC1Cl. The molecule has 3 nitrogen and oxygen atoms in total. The van der Waals surface area contributed by atoms with Gasteiger partial charge in [0, 0.05) is 20.1 Å². The van der Waals surface area contributed by atoms with Crippen molar-refractivity contribution in [2.75, 3.05) is 18.0 Å². The van der Waals surface area contributed by atoms with Crippen LogP contribution in [0.5, 0.6) is 0 Å². The van der Waals surface area contributed by atoms with E-state index in [9.17, 15) is 0 Å². The highest BCUT2D eigenvalue weighted by Gasteiger charge is 2.26. The molecule has 2 heterocycles. The van der Waals surface area contributed by atoms with Gasteiger partial charge in [-0.1, -0.05) is 19.1 Å². The molecule has 0 amide bonds. The topological polar surface area (TPSA) is 21.1 Å². The highest BCUT2D eigenvalue weighted by molar-refractivity contribution is 6.21. The largest absolute Gasteiger partial charge is 0.341 e. The van der Waals surface area contributed by atoms with E-state index in [-0.39, 0.29) is 5.38 Å². The molecular formula is C14H18ClN3. The number of imidazole rings is 1. The molecule has 2 atom stereocenters. The third-order valence-electron chi connectivity index (χ3n) is 3.91. The third-order valence-corrected chi connectivity index (χ3v) is 4.48. The van der Waals surface area contributed by atoms with Gasteiger partial charge in [-0.2, -0.15) is 0 Å². The summed E-state index contributed by atoms with van der Waals surface area (Å²) in [5.74, 6) is 1.63. The van der Waals surface area contributed by atoms with Crippen molar-refractivity contribution < 1.29 is 0 Å². The number of piperidine rings is 1. The molecule has 96 valence electrons. The quantitative estimate of drug-likeness (QED) is 0.738. The van der Waals surface area contributed by atoms with Crippen LogP contribution in [0.1, 0.15) is 13.3 Å². The van der Waals surface area contributed by atoms with Crippen LogP contribution in [0.25, 0.3) is 11.0 Å². The number of aryl methyl sites for hydroxylation is 1. The lowest BCUT2D eigenvalue weighted by Crippen LogP contribution is -2.41. The summed E-state index contributed by atoms with van der Waals surface area (Å²) in [7, 11) is 2.08. The molecule has 2 aromatic rings. The highest BCUT2D eigenvalue weighted by Crippen LogP contribution is 2.27. The molecular weight excluding hydrogens is 246 g/mol. The van der Waals surface area contributed by atoms with Crippen LogP contribution in [0.3, 0.4) is 0 Å². The number of halogens is 1. The summed E-state index contributed by atoms with van der Waals surface area (Å²) in [5.41, 5.74) is 2.23. The van der Waals surface area contributed by atoms with Crippen molar-refractivity contribution in [2.24, 2.45) is 13.0 Å². The number of fused-ring (bicyclic) bond motifs is 1. The molecule has 0 spiro atoms. The first-order valence-corrected chi connectivity index (χ1v) is 6.91. The van der Waals surface area contributed by atoms with Gasteiger partial charge in [0.15, 0.2) is 0 Å². The van der Waals surface area contributed by atoms with E-state index in [0.717, 1.165) is 31.0 Å². The predicted octanol–water partition coefficient (Wildman–Crippen LogP) is 3.03. The number of hydrogen-bond acceptors (Lipinski definition) is 2. The van der Waals surface area contributed by atoms with E-state index >= 15 is 0 Å². The molecule has 1 aromatic carbocycles.